The molecule has 0 saturated carbocycles. The van der Waals surface area contributed by atoms with Crippen molar-refractivity contribution in [3.8, 4) is 0 Å². The minimum Gasteiger partial charge on any atom is -0.374 e. The second-order valence-corrected chi connectivity index (χ2v) is 4.28. The molecule has 0 spiro atoms. The van der Waals surface area contributed by atoms with E-state index in [1.807, 2.05) is 20.2 Å². The van der Waals surface area contributed by atoms with Crippen LogP contribution in [0.3, 0.4) is 0 Å². The third kappa shape index (κ3) is 2.67. The van der Waals surface area contributed by atoms with Crippen molar-refractivity contribution in [1.82, 2.24) is 14.8 Å². The Hall–Kier alpha value is -1.91. The van der Waals surface area contributed by atoms with E-state index in [2.05, 4.69) is 22.3 Å². The third-order valence-electron chi connectivity index (χ3n) is 2.81. The normalized spacial score (nSPS) is 12.4. The summed E-state index contributed by atoms with van der Waals surface area (Å²) >= 11 is 0. The molecule has 1 unspecified atom stereocenters. The van der Waals surface area contributed by atoms with Crippen molar-refractivity contribution in [2.45, 2.75) is 26.3 Å². The zero-order valence-corrected chi connectivity index (χ0v) is 10.8. The van der Waals surface area contributed by atoms with Gasteiger partial charge in [0.25, 0.3) is 0 Å². The predicted octanol–water partition coefficient (Wildman–Crippen LogP) is 2.69. The van der Waals surface area contributed by atoms with Crippen molar-refractivity contribution >= 4 is 5.69 Å². The van der Waals surface area contributed by atoms with Gasteiger partial charge in [0.15, 0.2) is 0 Å². The second-order valence-electron chi connectivity index (χ2n) is 4.28. The number of aromatic nitrogens is 3. The monoisotopic (exact) mass is 248 g/mol. The summed E-state index contributed by atoms with van der Waals surface area (Å²) in [5, 5.41) is 7.71. The Balaban J connectivity index is 2.15. The van der Waals surface area contributed by atoms with Gasteiger partial charge in [-0.1, -0.05) is 6.92 Å². The molecule has 18 heavy (non-hydrogen) atoms. The van der Waals surface area contributed by atoms with Gasteiger partial charge in [-0.05, 0) is 25.5 Å². The first-order valence-corrected chi connectivity index (χ1v) is 6.00. The standard InChI is InChI=1S/C13H17FN4/c1-4-11-13(8-18(3)17-11)16-9(2)12-6-5-10(14)7-15-12/h5-9,16H,4H2,1-3H3. The summed E-state index contributed by atoms with van der Waals surface area (Å²) in [5.41, 5.74) is 2.83. The molecule has 0 radical (unpaired) electrons. The first-order valence-electron chi connectivity index (χ1n) is 6.00. The van der Waals surface area contributed by atoms with Gasteiger partial charge in [-0.25, -0.2) is 4.39 Å². The highest BCUT2D eigenvalue weighted by Crippen LogP contribution is 2.20. The van der Waals surface area contributed by atoms with Crippen molar-refractivity contribution in [3.63, 3.8) is 0 Å². The Morgan fingerprint density at radius 3 is 2.83 bits per heavy atom. The van der Waals surface area contributed by atoms with Crippen LogP contribution in [0.4, 0.5) is 10.1 Å². The van der Waals surface area contributed by atoms with Crippen molar-refractivity contribution < 1.29 is 4.39 Å². The van der Waals surface area contributed by atoms with Crippen molar-refractivity contribution in [1.29, 1.82) is 0 Å². The fraction of sp³-hybridized carbons (Fsp3) is 0.385. The third-order valence-corrected chi connectivity index (χ3v) is 2.81. The van der Waals surface area contributed by atoms with E-state index in [1.54, 1.807) is 10.7 Å². The molecule has 0 amide bonds. The van der Waals surface area contributed by atoms with Gasteiger partial charge < -0.3 is 5.32 Å². The van der Waals surface area contributed by atoms with Gasteiger partial charge in [-0.2, -0.15) is 5.10 Å². The molecular formula is C13H17FN4. The van der Waals surface area contributed by atoms with Gasteiger partial charge in [-0.3, -0.25) is 9.67 Å². The lowest BCUT2D eigenvalue weighted by molar-refractivity contribution is 0.617. The van der Waals surface area contributed by atoms with Gasteiger partial charge in [0.2, 0.25) is 0 Å². The van der Waals surface area contributed by atoms with E-state index < -0.39 is 0 Å². The lowest BCUT2D eigenvalue weighted by Crippen LogP contribution is -2.09. The number of anilines is 1. The molecular weight excluding hydrogens is 231 g/mol. The minimum atomic E-state index is -0.318. The Labute approximate surface area is 106 Å². The molecule has 4 nitrogen and oxygen atoms in total. The molecule has 1 atom stereocenters. The van der Waals surface area contributed by atoms with Crippen molar-refractivity contribution in [2.24, 2.45) is 7.05 Å². The number of rotatable bonds is 4. The Bertz CT molecular complexity index is 518. The van der Waals surface area contributed by atoms with Gasteiger partial charge in [0, 0.05) is 13.2 Å². The largest absolute Gasteiger partial charge is 0.374 e. The topological polar surface area (TPSA) is 42.7 Å². The molecule has 0 aliphatic heterocycles. The lowest BCUT2D eigenvalue weighted by atomic mass is 10.2. The van der Waals surface area contributed by atoms with Crippen LogP contribution in [-0.4, -0.2) is 14.8 Å². The molecule has 0 aliphatic carbocycles. The summed E-state index contributed by atoms with van der Waals surface area (Å²) in [5.74, 6) is -0.318. The Morgan fingerprint density at radius 2 is 2.22 bits per heavy atom. The number of pyridine rings is 1. The number of halogens is 1. The van der Waals surface area contributed by atoms with E-state index >= 15 is 0 Å². The van der Waals surface area contributed by atoms with E-state index in [9.17, 15) is 4.39 Å². The number of aryl methyl sites for hydroxylation is 2. The minimum absolute atomic E-state index is 0.0140. The van der Waals surface area contributed by atoms with Crippen LogP contribution in [0, 0.1) is 5.82 Å². The quantitative estimate of drug-likeness (QED) is 0.904. The number of nitrogens with zero attached hydrogens (tertiary/aromatic N) is 3. The van der Waals surface area contributed by atoms with Crippen LogP contribution in [0.1, 0.15) is 31.3 Å². The molecule has 2 aromatic heterocycles. The maximum Gasteiger partial charge on any atom is 0.141 e. The molecule has 2 heterocycles. The summed E-state index contributed by atoms with van der Waals surface area (Å²) in [6.45, 7) is 4.06. The summed E-state index contributed by atoms with van der Waals surface area (Å²) < 4.78 is 14.6. The maximum absolute atomic E-state index is 12.8. The second kappa shape index (κ2) is 5.16. The summed E-state index contributed by atoms with van der Waals surface area (Å²) in [6.07, 6.45) is 4.04. The first-order chi connectivity index (χ1) is 8.60. The SMILES string of the molecule is CCc1nn(C)cc1NC(C)c1ccc(F)cn1. The van der Waals surface area contributed by atoms with Crippen LogP contribution in [-0.2, 0) is 13.5 Å². The Morgan fingerprint density at radius 1 is 1.44 bits per heavy atom. The van der Waals surface area contributed by atoms with Gasteiger partial charge in [0.05, 0.1) is 29.3 Å². The first kappa shape index (κ1) is 12.5. The van der Waals surface area contributed by atoms with Crippen LogP contribution in [0.25, 0.3) is 0 Å². The fourth-order valence-electron chi connectivity index (χ4n) is 1.87. The fourth-order valence-corrected chi connectivity index (χ4v) is 1.87. The van der Waals surface area contributed by atoms with E-state index in [0.29, 0.717) is 0 Å². The van der Waals surface area contributed by atoms with Crippen molar-refractivity contribution in [2.75, 3.05) is 5.32 Å². The highest BCUT2D eigenvalue weighted by molar-refractivity contribution is 5.47. The van der Waals surface area contributed by atoms with Gasteiger partial charge in [-0.15, -0.1) is 0 Å². The number of hydrogen-bond donors (Lipinski definition) is 1. The molecule has 2 rings (SSSR count). The van der Waals surface area contributed by atoms with Crippen LogP contribution in [0.2, 0.25) is 0 Å². The predicted molar refractivity (Wildman–Crippen MR) is 68.8 cm³/mol. The Kier molecular flexibility index (Phi) is 3.60. The molecule has 0 fully saturated rings. The van der Waals surface area contributed by atoms with Crippen molar-refractivity contribution in [3.05, 3.63) is 41.7 Å². The van der Waals surface area contributed by atoms with Crippen LogP contribution in [0.15, 0.2) is 24.5 Å². The highest BCUT2D eigenvalue weighted by atomic mass is 19.1. The molecule has 0 aromatic carbocycles. The summed E-state index contributed by atoms with van der Waals surface area (Å²) in [4.78, 5) is 4.07. The molecule has 0 saturated heterocycles. The van der Waals surface area contributed by atoms with E-state index in [4.69, 9.17) is 0 Å². The highest BCUT2D eigenvalue weighted by Gasteiger charge is 2.11. The van der Waals surface area contributed by atoms with E-state index in [1.165, 1.54) is 12.3 Å². The zero-order valence-electron chi connectivity index (χ0n) is 10.8. The molecule has 0 aliphatic rings. The number of nitrogens with one attached hydrogen (secondary N) is 1. The van der Waals surface area contributed by atoms with Crippen LogP contribution in [0.5, 0.6) is 0 Å². The molecule has 5 heteroatoms. The van der Waals surface area contributed by atoms with E-state index in [-0.39, 0.29) is 11.9 Å². The average molecular weight is 248 g/mol. The van der Waals surface area contributed by atoms with E-state index in [0.717, 1.165) is 23.5 Å². The molecule has 1 N–H and O–H groups in total. The van der Waals surface area contributed by atoms with Crippen LogP contribution >= 0.6 is 0 Å². The number of hydrogen-bond acceptors (Lipinski definition) is 3. The smallest absolute Gasteiger partial charge is 0.141 e. The summed E-state index contributed by atoms with van der Waals surface area (Å²) in [7, 11) is 1.89. The molecule has 96 valence electrons. The molecule has 0 bridgehead atoms. The average Bonchev–Trinajstić information content (AvgIpc) is 2.70. The summed E-state index contributed by atoms with van der Waals surface area (Å²) in [6, 6.07) is 3.12. The maximum atomic E-state index is 12.8. The molecule has 2 aromatic rings. The lowest BCUT2D eigenvalue weighted by Gasteiger charge is -2.14. The van der Waals surface area contributed by atoms with Gasteiger partial charge in [0.1, 0.15) is 5.82 Å². The van der Waals surface area contributed by atoms with Crippen LogP contribution < -0.4 is 5.32 Å². The zero-order chi connectivity index (χ0) is 13.1. The van der Waals surface area contributed by atoms with Gasteiger partial charge >= 0.3 is 0 Å².